The van der Waals surface area contributed by atoms with Crippen LogP contribution in [0.1, 0.15) is 34.2 Å². The maximum atomic E-state index is 12.6. The number of nitrogens with zero attached hydrogens (tertiary/aromatic N) is 2. The van der Waals surface area contributed by atoms with Crippen LogP contribution in [0.3, 0.4) is 0 Å². The predicted octanol–water partition coefficient (Wildman–Crippen LogP) is 3.18. The first-order valence-corrected chi connectivity index (χ1v) is 7.99. The third kappa shape index (κ3) is 3.11. The molecule has 2 aromatic heterocycles. The van der Waals surface area contributed by atoms with E-state index in [0.29, 0.717) is 12.2 Å². The molecule has 0 aliphatic carbocycles. The van der Waals surface area contributed by atoms with Crippen molar-refractivity contribution in [3.8, 4) is 0 Å². The fourth-order valence-electron chi connectivity index (χ4n) is 2.79. The number of hydrogen-bond acceptors (Lipinski definition) is 2. The zero-order valence-electron chi connectivity index (χ0n) is 13.5. The summed E-state index contributed by atoms with van der Waals surface area (Å²) in [7, 11) is 0. The zero-order chi connectivity index (χ0) is 16.2. The lowest BCUT2D eigenvalue weighted by molar-refractivity contribution is 0.0947. The van der Waals surface area contributed by atoms with E-state index >= 15 is 0 Å². The highest BCUT2D eigenvalue weighted by Crippen LogP contribution is 2.16. The Morgan fingerprint density at radius 1 is 1.17 bits per heavy atom. The van der Waals surface area contributed by atoms with Gasteiger partial charge in [0.2, 0.25) is 0 Å². The van der Waals surface area contributed by atoms with Crippen LogP contribution in [0.4, 0.5) is 0 Å². The molecule has 23 heavy (non-hydrogen) atoms. The lowest BCUT2D eigenvalue weighted by Crippen LogP contribution is -2.27. The summed E-state index contributed by atoms with van der Waals surface area (Å²) in [5.41, 5.74) is 4.65. The standard InChI is InChI=1S/C19H21N3O/c1-3-16-17(22-13-7-8-14(2)18(22)21-16)19(23)20-12-11-15-9-5-4-6-10-15/h4-10,13H,3,11-12H2,1-2H3,(H,20,23). The number of carbonyl (C=O) groups excluding carboxylic acids is 1. The monoisotopic (exact) mass is 307 g/mol. The van der Waals surface area contributed by atoms with Crippen LogP contribution < -0.4 is 5.32 Å². The Bertz CT molecular complexity index is 821. The second-order valence-corrected chi connectivity index (χ2v) is 5.64. The summed E-state index contributed by atoms with van der Waals surface area (Å²) in [6, 6.07) is 14.1. The average Bonchev–Trinajstić information content (AvgIpc) is 2.96. The van der Waals surface area contributed by atoms with Crippen LogP contribution >= 0.6 is 0 Å². The Morgan fingerprint density at radius 3 is 2.70 bits per heavy atom. The van der Waals surface area contributed by atoms with Gasteiger partial charge in [0, 0.05) is 12.7 Å². The van der Waals surface area contributed by atoms with E-state index in [1.165, 1.54) is 5.56 Å². The Hall–Kier alpha value is -2.62. The van der Waals surface area contributed by atoms with E-state index in [1.807, 2.05) is 54.8 Å². The SMILES string of the molecule is CCc1nc2c(C)cccn2c1C(=O)NCCc1ccccc1. The summed E-state index contributed by atoms with van der Waals surface area (Å²) >= 11 is 0. The minimum atomic E-state index is -0.0594. The van der Waals surface area contributed by atoms with Gasteiger partial charge in [0.1, 0.15) is 11.3 Å². The van der Waals surface area contributed by atoms with Crippen LogP contribution in [-0.4, -0.2) is 21.8 Å². The molecule has 0 saturated carbocycles. The molecule has 1 amide bonds. The Labute approximate surface area is 136 Å². The van der Waals surface area contributed by atoms with E-state index in [-0.39, 0.29) is 5.91 Å². The quantitative estimate of drug-likeness (QED) is 0.787. The summed E-state index contributed by atoms with van der Waals surface area (Å²) in [6.07, 6.45) is 3.47. The average molecular weight is 307 g/mol. The number of carbonyl (C=O) groups is 1. The molecule has 0 atom stereocenters. The molecule has 1 N–H and O–H groups in total. The highest BCUT2D eigenvalue weighted by molar-refractivity contribution is 5.94. The number of benzene rings is 1. The summed E-state index contributed by atoms with van der Waals surface area (Å²) in [4.78, 5) is 17.2. The first-order chi connectivity index (χ1) is 11.2. The molecule has 3 aromatic rings. The van der Waals surface area contributed by atoms with Crippen molar-refractivity contribution in [3.05, 3.63) is 71.2 Å². The van der Waals surface area contributed by atoms with E-state index in [9.17, 15) is 4.79 Å². The van der Waals surface area contributed by atoms with Crippen molar-refractivity contribution in [1.82, 2.24) is 14.7 Å². The topological polar surface area (TPSA) is 46.4 Å². The number of nitrogens with one attached hydrogen (secondary N) is 1. The van der Waals surface area contributed by atoms with Gasteiger partial charge in [0.15, 0.2) is 0 Å². The molecule has 4 heteroatoms. The van der Waals surface area contributed by atoms with Crippen molar-refractivity contribution < 1.29 is 4.79 Å². The van der Waals surface area contributed by atoms with Crippen LogP contribution in [0.15, 0.2) is 48.7 Å². The highest BCUT2D eigenvalue weighted by atomic mass is 16.1. The first-order valence-electron chi connectivity index (χ1n) is 7.99. The van der Waals surface area contributed by atoms with Gasteiger partial charge in [-0.15, -0.1) is 0 Å². The second kappa shape index (κ2) is 6.65. The van der Waals surface area contributed by atoms with E-state index in [1.54, 1.807) is 0 Å². The number of aromatic nitrogens is 2. The van der Waals surface area contributed by atoms with Crippen molar-refractivity contribution in [3.63, 3.8) is 0 Å². The zero-order valence-corrected chi connectivity index (χ0v) is 13.5. The Balaban J connectivity index is 1.79. The number of imidazole rings is 1. The third-order valence-electron chi connectivity index (χ3n) is 4.01. The van der Waals surface area contributed by atoms with Crippen molar-refractivity contribution in [2.45, 2.75) is 26.7 Å². The summed E-state index contributed by atoms with van der Waals surface area (Å²) in [5.74, 6) is -0.0594. The number of aryl methyl sites for hydroxylation is 2. The lowest BCUT2D eigenvalue weighted by atomic mass is 10.1. The molecule has 0 aliphatic rings. The Morgan fingerprint density at radius 2 is 1.96 bits per heavy atom. The lowest BCUT2D eigenvalue weighted by Gasteiger charge is -2.07. The van der Waals surface area contributed by atoms with Gasteiger partial charge in [-0.3, -0.25) is 9.20 Å². The number of fused-ring (bicyclic) bond motifs is 1. The van der Waals surface area contributed by atoms with Gasteiger partial charge in [-0.05, 0) is 37.0 Å². The van der Waals surface area contributed by atoms with Gasteiger partial charge in [-0.1, -0.05) is 43.3 Å². The number of hydrogen-bond donors (Lipinski definition) is 1. The second-order valence-electron chi connectivity index (χ2n) is 5.64. The molecule has 2 heterocycles. The summed E-state index contributed by atoms with van der Waals surface area (Å²) < 4.78 is 1.89. The van der Waals surface area contributed by atoms with Crippen molar-refractivity contribution in [2.24, 2.45) is 0 Å². The fourth-order valence-corrected chi connectivity index (χ4v) is 2.79. The number of pyridine rings is 1. The highest BCUT2D eigenvalue weighted by Gasteiger charge is 2.18. The largest absolute Gasteiger partial charge is 0.350 e. The van der Waals surface area contributed by atoms with Crippen molar-refractivity contribution >= 4 is 11.6 Å². The molecule has 3 rings (SSSR count). The molecule has 118 valence electrons. The van der Waals surface area contributed by atoms with Crippen LogP contribution in [0.25, 0.3) is 5.65 Å². The molecule has 0 radical (unpaired) electrons. The molecular weight excluding hydrogens is 286 g/mol. The normalized spacial score (nSPS) is 10.9. The molecule has 0 aliphatic heterocycles. The predicted molar refractivity (Wildman–Crippen MR) is 91.8 cm³/mol. The first kappa shape index (κ1) is 15.3. The summed E-state index contributed by atoms with van der Waals surface area (Å²) in [6.45, 7) is 4.65. The third-order valence-corrected chi connectivity index (χ3v) is 4.01. The molecule has 4 nitrogen and oxygen atoms in total. The minimum Gasteiger partial charge on any atom is -0.350 e. The molecule has 0 saturated heterocycles. The van der Waals surface area contributed by atoms with Crippen LogP contribution in [0, 0.1) is 6.92 Å². The van der Waals surface area contributed by atoms with Crippen LogP contribution in [0.5, 0.6) is 0 Å². The van der Waals surface area contributed by atoms with Gasteiger partial charge >= 0.3 is 0 Å². The Kier molecular flexibility index (Phi) is 4.42. The van der Waals surface area contributed by atoms with E-state index in [0.717, 1.165) is 29.7 Å². The van der Waals surface area contributed by atoms with Gasteiger partial charge in [-0.25, -0.2) is 4.98 Å². The molecule has 1 aromatic carbocycles. The van der Waals surface area contributed by atoms with Gasteiger partial charge < -0.3 is 5.32 Å². The van der Waals surface area contributed by atoms with E-state index < -0.39 is 0 Å². The van der Waals surface area contributed by atoms with Gasteiger partial charge in [0.05, 0.1) is 5.69 Å². The molecular formula is C19H21N3O. The minimum absolute atomic E-state index is 0.0594. The maximum absolute atomic E-state index is 12.6. The van der Waals surface area contributed by atoms with Gasteiger partial charge in [0.25, 0.3) is 5.91 Å². The maximum Gasteiger partial charge on any atom is 0.270 e. The molecule has 0 fully saturated rings. The van der Waals surface area contributed by atoms with Crippen molar-refractivity contribution in [1.29, 1.82) is 0 Å². The number of rotatable bonds is 5. The van der Waals surface area contributed by atoms with Crippen LogP contribution in [0.2, 0.25) is 0 Å². The molecule has 0 bridgehead atoms. The molecule has 0 unspecified atom stereocenters. The van der Waals surface area contributed by atoms with Crippen LogP contribution in [-0.2, 0) is 12.8 Å². The smallest absolute Gasteiger partial charge is 0.270 e. The summed E-state index contributed by atoms with van der Waals surface area (Å²) in [5, 5.41) is 3.02. The number of amides is 1. The van der Waals surface area contributed by atoms with E-state index in [4.69, 9.17) is 0 Å². The molecule has 0 spiro atoms. The van der Waals surface area contributed by atoms with E-state index in [2.05, 4.69) is 22.4 Å². The van der Waals surface area contributed by atoms with Crippen molar-refractivity contribution in [2.75, 3.05) is 6.54 Å². The fraction of sp³-hybridized carbons (Fsp3) is 0.263. The van der Waals surface area contributed by atoms with Gasteiger partial charge in [-0.2, -0.15) is 0 Å².